The van der Waals surface area contributed by atoms with Crippen LogP contribution in [0.1, 0.15) is 42.9 Å². The van der Waals surface area contributed by atoms with Gasteiger partial charge >= 0.3 is 0 Å². The molecule has 0 radical (unpaired) electrons. The molecule has 0 saturated heterocycles. The third-order valence-corrected chi connectivity index (χ3v) is 2.98. The van der Waals surface area contributed by atoms with Crippen LogP contribution >= 0.6 is 0 Å². The maximum absolute atomic E-state index is 11.6. The van der Waals surface area contributed by atoms with Gasteiger partial charge in [0, 0.05) is 12.8 Å². The van der Waals surface area contributed by atoms with Gasteiger partial charge in [0.1, 0.15) is 11.5 Å². The fourth-order valence-corrected chi connectivity index (χ4v) is 2.13. The van der Waals surface area contributed by atoms with Crippen molar-refractivity contribution in [2.24, 2.45) is 0 Å². The zero-order chi connectivity index (χ0) is 12.8. The molecule has 0 spiro atoms. The van der Waals surface area contributed by atoms with Gasteiger partial charge in [0.15, 0.2) is 0 Å². The molecular formula is C15H22O2. The summed E-state index contributed by atoms with van der Waals surface area (Å²) in [5, 5.41) is 0. The van der Waals surface area contributed by atoms with Crippen molar-refractivity contribution in [1.29, 1.82) is 0 Å². The number of benzene rings is 1. The van der Waals surface area contributed by atoms with Gasteiger partial charge in [0.25, 0.3) is 0 Å². The van der Waals surface area contributed by atoms with Gasteiger partial charge in [-0.1, -0.05) is 13.0 Å². The van der Waals surface area contributed by atoms with Gasteiger partial charge in [-0.05, 0) is 49.4 Å². The van der Waals surface area contributed by atoms with Crippen LogP contribution in [0.2, 0.25) is 0 Å². The summed E-state index contributed by atoms with van der Waals surface area (Å²) in [6, 6.07) is 4.18. The second kappa shape index (κ2) is 6.43. The van der Waals surface area contributed by atoms with Crippen LogP contribution in [-0.4, -0.2) is 12.9 Å². The molecule has 1 rings (SSSR count). The Hall–Kier alpha value is -1.31. The Morgan fingerprint density at radius 2 is 1.94 bits per heavy atom. The smallest absolute Gasteiger partial charge is 0.133 e. The number of ketones is 1. The molecule has 0 aromatic heterocycles. The van der Waals surface area contributed by atoms with Gasteiger partial charge in [-0.2, -0.15) is 0 Å². The molecule has 0 saturated carbocycles. The molecule has 2 heteroatoms. The lowest BCUT2D eigenvalue weighted by molar-refractivity contribution is -0.119. The predicted octanol–water partition coefficient (Wildman–Crippen LogP) is 3.61. The topological polar surface area (TPSA) is 26.3 Å². The van der Waals surface area contributed by atoms with Gasteiger partial charge < -0.3 is 4.74 Å². The van der Waals surface area contributed by atoms with E-state index in [1.165, 1.54) is 16.7 Å². The first-order valence-electron chi connectivity index (χ1n) is 6.24. The molecule has 0 aliphatic heterocycles. The van der Waals surface area contributed by atoms with E-state index in [0.717, 1.165) is 18.6 Å². The van der Waals surface area contributed by atoms with Gasteiger partial charge in [-0.15, -0.1) is 0 Å². The first-order valence-corrected chi connectivity index (χ1v) is 6.24. The summed E-state index contributed by atoms with van der Waals surface area (Å²) in [6.07, 6.45) is 3.03. The van der Waals surface area contributed by atoms with Crippen molar-refractivity contribution in [2.75, 3.05) is 7.11 Å². The third-order valence-electron chi connectivity index (χ3n) is 2.98. The van der Waals surface area contributed by atoms with Gasteiger partial charge in [0.2, 0.25) is 0 Å². The molecule has 2 nitrogen and oxygen atoms in total. The first kappa shape index (κ1) is 13.8. The van der Waals surface area contributed by atoms with Gasteiger partial charge in [-0.3, -0.25) is 4.79 Å². The molecule has 17 heavy (non-hydrogen) atoms. The van der Waals surface area contributed by atoms with Crippen LogP contribution in [0, 0.1) is 13.8 Å². The van der Waals surface area contributed by atoms with Crippen LogP contribution in [0.4, 0.5) is 0 Å². The lowest BCUT2D eigenvalue weighted by Crippen LogP contribution is -2.03. The maximum atomic E-state index is 11.6. The molecule has 0 heterocycles. The molecule has 0 N–H and O–H groups in total. The minimum absolute atomic E-state index is 0.342. The molecule has 0 unspecified atom stereocenters. The Labute approximate surface area is 104 Å². The van der Waals surface area contributed by atoms with E-state index < -0.39 is 0 Å². The summed E-state index contributed by atoms with van der Waals surface area (Å²) in [5.41, 5.74) is 3.58. The van der Waals surface area contributed by atoms with E-state index in [2.05, 4.69) is 19.9 Å². The maximum Gasteiger partial charge on any atom is 0.133 e. The van der Waals surface area contributed by atoms with Crippen LogP contribution in [-0.2, 0) is 11.2 Å². The number of ether oxygens (including phenoxy) is 1. The van der Waals surface area contributed by atoms with Crippen LogP contribution in [0.25, 0.3) is 0 Å². The fourth-order valence-electron chi connectivity index (χ4n) is 2.13. The lowest BCUT2D eigenvalue weighted by Gasteiger charge is -2.12. The SMILES string of the molecule is CCCC(=O)CCc1c(C)cc(C)cc1OC. The molecular weight excluding hydrogens is 212 g/mol. The summed E-state index contributed by atoms with van der Waals surface area (Å²) in [6.45, 7) is 6.17. The van der Waals surface area contributed by atoms with Gasteiger partial charge in [-0.25, -0.2) is 0 Å². The van der Waals surface area contributed by atoms with Crippen molar-refractivity contribution in [2.45, 2.75) is 46.5 Å². The van der Waals surface area contributed by atoms with E-state index in [1.807, 2.05) is 13.0 Å². The Morgan fingerprint density at radius 3 is 2.53 bits per heavy atom. The number of hydrogen-bond donors (Lipinski definition) is 0. The molecule has 0 bridgehead atoms. The highest BCUT2D eigenvalue weighted by Crippen LogP contribution is 2.25. The second-order valence-corrected chi connectivity index (χ2v) is 4.55. The van der Waals surface area contributed by atoms with Crippen LogP contribution < -0.4 is 4.74 Å². The van der Waals surface area contributed by atoms with Crippen molar-refractivity contribution in [3.05, 3.63) is 28.8 Å². The summed E-state index contributed by atoms with van der Waals surface area (Å²) in [7, 11) is 1.69. The summed E-state index contributed by atoms with van der Waals surface area (Å²) in [4.78, 5) is 11.6. The quantitative estimate of drug-likeness (QED) is 0.751. The average Bonchev–Trinajstić information content (AvgIpc) is 2.27. The minimum atomic E-state index is 0.342. The van der Waals surface area contributed by atoms with Crippen molar-refractivity contribution in [3.8, 4) is 5.75 Å². The zero-order valence-electron chi connectivity index (χ0n) is 11.3. The van der Waals surface area contributed by atoms with Crippen LogP contribution in [0.3, 0.4) is 0 Å². The molecule has 0 aliphatic rings. The summed E-state index contributed by atoms with van der Waals surface area (Å²) in [5.74, 6) is 1.25. The Kier molecular flexibility index (Phi) is 5.20. The van der Waals surface area contributed by atoms with Crippen molar-refractivity contribution in [3.63, 3.8) is 0 Å². The largest absolute Gasteiger partial charge is 0.496 e. The molecule has 94 valence electrons. The highest BCUT2D eigenvalue weighted by molar-refractivity contribution is 5.78. The average molecular weight is 234 g/mol. The number of rotatable bonds is 6. The van der Waals surface area contributed by atoms with Crippen molar-refractivity contribution in [1.82, 2.24) is 0 Å². The Balaban J connectivity index is 2.79. The van der Waals surface area contributed by atoms with E-state index in [1.54, 1.807) is 7.11 Å². The molecule has 1 aromatic rings. The predicted molar refractivity (Wildman–Crippen MR) is 70.7 cm³/mol. The van der Waals surface area contributed by atoms with E-state index in [4.69, 9.17) is 4.74 Å². The standard InChI is InChI=1S/C15H22O2/c1-5-6-13(16)7-8-14-12(3)9-11(2)10-15(14)17-4/h9-10H,5-8H2,1-4H3. The number of Topliss-reactive ketones (excluding diaryl/α,β-unsaturated/α-hetero) is 1. The highest BCUT2D eigenvalue weighted by Gasteiger charge is 2.09. The number of hydrogen-bond acceptors (Lipinski definition) is 2. The van der Waals surface area contributed by atoms with Crippen molar-refractivity contribution < 1.29 is 9.53 Å². The highest BCUT2D eigenvalue weighted by atomic mass is 16.5. The Bertz CT molecular complexity index is 394. The number of carbonyl (C=O) groups excluding carboxylic acids is 1. The van der Waals surface area contributed by atoms with E-state index in [0.29, 0.717) is 18.6 Å². The van der Waals surface area contributed by atoms with Gasteiger partial charge in [0.05, 0.1) is 7.11 Å². The molecule has 0 atom stereocenters. The zero-order valence-corrected chi connectivity index (χ0v) is 11.3. The Morgan fingerprint density at radius 1 is 1.24 bits per heavy atom. The normalized spacial score (nSPS) is 10.4. The summed E-state index contributed by atoms with van der Waals surface area (Å²) < 4.78 is 5.39. The number of aryl methyl sites for hydroxylation is 2. The molecule has 0 aliphatic carbocycles. The molecule has 1 aromatic carbocycles. The van der Waals surface area contributed by atoms with Crippen LogP contribution in [0.5, 0.6) is 5.75 Å². The third kappa shape index (κ3) is 3.88. The molecule has 0 amide bonds. The minimum Gasteiger partial charge on any atom is -0.496 e. The fraction of sp³-hybridized carbons (Fsp3) is 0.533. The van der Waals surface area contributed by atoms with E-state index in [-0.39, 0.29) is 0 Å². The van der Waals surface area contributed by atoms with Crippen molar-refractivity contribution >= 4 is 5.78 Å². The number of carbonyl (C=O) groups is 1. The first-order chi connectivity index (χ1) is 8.08. The molecule has 0 fully saturated rings. The lowest BCUT2D eigenvalue weighted by atomic mass is 9.98. The van der Waals surface area contributed by atoms with Crippen LogP contribution in [0.15, 0.2) is 12.1 Å². The monoisotopic (exact) mass is 234 g/mol. The number of methoxy groups -OCH3 is 1. The second-order valence-electron chi connectivity index (χ2n) is 4.55. The summed E-state index contributed by atoms with van der Waals surface area (Å²) >= 11 is 0. The van der Waals surface area contributed by atoms with E-state index >= 15 is 0 Å². The van der Waals surface area contributed by atoms with E-state index in [9.17, 15) is 4.79 Å².